The summed E-state index contributed by atoms with van der Waals surface area (Å²) in [6.45, 7) is 1.90. The van der Waals surface area contributed by atoms with Crippen LogP contribution in [0.5, 0.6) is 0 Å². The van der Waals surface area contributed by atoms with E-state index >= 15 is 0 Å². The molecule has 0 fully saturated rings. The van der Waals surface area contributed by atoms with Crippen LogP contribution in [0.15, 0.2) is 60.7 Å². The van der Waals surface area contributed by atoms with Crippen molar-refractivity contribution >= 4 is 22.5 Å². The van der Waals surface area contributed by atoms with Crippen LogP contribution in [-0.2, 0) is 0 Å². The molecule has 0 amide bonds. The molecule has 5 heteroatoms. The number of pyridine rings is 1. The number of hydrogen-bond donors (Lipinski definition) is 0. The first-order valence-corrected chi connectivity index (χ1v) is 8.16. The van der Waals surface area contributed by atoms with E-state index in [9.17, 15) is 4.39 Å². The highest BCUT2D eigenvalue weighted by Crippen LogP contribution is 2.31. The van der Waals surface area contributed by atoms with Crippen LogP contribution >= 0.6 is 11.6 Å². The molecular weight excluding hydrogens is 337 g/mol. The van der Waals surface area contributed by atoms with Gasteiger partial charge in [-0.05, 0) is 43.3 Å². The molecule has 2 heterocycles. The van der Waals surface area contributed by atoms with Gasteiger partial charge in [0.05, 0.1) is 11.2 Å². The van der Waals surface area contributed by atoms with Crippen molar-refractivity contribution in [1.29, 1.82) is 0 Å². The maximum atomic E-state index is 14.4. The average molecular weight is 350 g/mol. The molecule has 4 rings (SSSR count). The molecule has 2 aromatic heterocycles. The highest BCUT2D eigenvalue weighted by Gasteiger charge is 2.15. The Labute approximate surface area is 149 Å². The molecule has 0 spiro atoms. The van der Waals surface area contributed by atoms with E-state index in [4.69, 9.17) is 11.6 Å². The van der Waals surface area contributed by atoms with E-state index < -0.39 is 0 Å². The summed E-state index contributed by atoms with van der Waals surface area (Å²) < 4.78 is 14.4. The van der Waals surface area contributed by atoms with Crippen molar-refractivity contribution in [3.05, 3.63) is 77.2 Å². The van der Waals surface area contributed by atoms with Gasteiger partial charge in [0.1, 0.15) is 11.5 Å². The zero-order chi connectivity index (χ0) is 17.4. The maximum absolute atomic E-state index is 14.4. The molecule has 25 heavy (non-hydrogen) atoms. The van der Waals surface area contributed by atoms with Gasteiger partial charge in [0.2, 0.25) is 0 Å². The van der Waals surface area contributed by atoms with E-state index in [1.807, 2.05) is 49.4 Å². The highest BCUT2D eigenvalue weighted by atomic mass is 35.5. The highest BCUT2D eigenvalue weighted by molar-refractivity contribution is 6.30. The van der Waals surface area contributed by atoms with Gasteiger partial charge in [0.15, 0.2) is 5.82 Å². The first-order chi connectivity index (χ1) is 12.1. The number of benzene rings is 2. The lowest BCUT2D eigenvalue weighted by atomic mass is 10.1. The van der Waals surface area contributed by atoms with Gasteiger partial charge < -0.3 is 0 Å². The van der Waals surface area contributed by atoms with Crippen LogP contribution in [-0.4, -0.2) is 15.0 Å². The molecule has 0 aliphatic heterocycles. The predicted octanol–water partition coefficient (Wildman–Crippen LogP) is 5.46. The maximum Gasteiger partial charge on any atom is 0.179 e. The van der Waals surface area contributed by atoms with Gasteiger partial charge in [0.25, 0.3) is 0 Å². The summed E-state index contributed by atoms with van der Waals surface area (Å²) in [5.74, 6) is 0.0770. The Balaban J connectivity index is 2.04. The van der Waals surface area contributed by atoms with Crippen LogP contribution in [0, 0.1) is 12.7 Å². The topological polar surface area (TPSA) is 38.7 Å². The smallest absolute Gasteiger partial charge is 0.179 e. The molecule has 0 aliphatic carbocycles. The summed E-state index contributed by atoms with van der Waals surface area (Å²) >= 11 is 6.07. The molecule has 122 valence electrons. The number of aromatic nitrogens is 3. The first kappa shape index (κ1) is 15.7. The molecular formula is C20H13ClFN3. The molecule has 0 aliphatic rings. The molecule has 0 atom stereocenters. The summed E-state index contributed by atoms with van der Waals surface area (Å²) in [7, 11) is 0. The Hall–Kier alpha value is -2.85. The zero-order valence-electron chi connectivity index (χ0n) is 13.4. The molecule has 3 nitrogen and oxygen atoms in total. The summed E-state index contributed by atoms with van der Waals surface area (Å²) in [6, 6.07) is 17.6. The van der Waals surface area contributed by atoms with Gasteiger partial charge in [-0.1, -0.05) is 35.9 Å². The SMILES string of the molecule is Cc1cccc(-c2nc(-c3cc(Cl)ccc3F)c3ccccc3n2)n1. The minimum atomic E-state index is -0.378. The summed E-state index contributed by atoms with van der Waals surface area (Å²) in [5.41, 5.74) is 3.09. The molecule has 0 N–H and O–H groups in total. The molecule has 0 bridgehead atoms. The Kier molecular flexibility index (Phi) is 3.90. The number of fused-ring (bicyclic) bond motifs is 1. The third-order valence-electron chi connectivity index (χ3n) is 3.90. The van der Waals surface area contributed by atoms with Crippen molar-refractivity contribution in [2.45, 2.75) is 6.92 Å². The minimum absolute atomic E-state index is 0.347. The van der Waals surface area contributed by atoms with Crippen molar-refractivity contribution in [2.75, 3.05) is 0 Å². The average Bonchev–Trinajstić information content (AvgIpc) is 2.63. The molecule has 2 aromatic carbocycles. The summed E-state index contributed by atoms with van der Waals surface area (Å²) in [4.78, 5) is 13.7. The van der Waals surface area contributed by atoms with Gasteiger partial charge in [-0.2, -0.15) is 0 Å². The fourth-order valence-electron chi connectivity index (χ4n) is 2.74. The van der Waals surface area contributed by atoms with Crippen LogP contribution in [0.1, 0.15) is 5.69 Å². The third kappa shape index (κ3) is 2.96. The normalized spacial score (nSPS) is 11.0. The molecule has 0 saturated heterocycles. The zero-order valence-corrected chi connectivity index (χ0v) is 14.1. The van der Waals surface area contributed by atoms with Crippen molar-refractivity contribution in [2.24, 2.45) is 0 Å². The molecule has 0 saturated carbocycles. The van der Waals surface area contributed by atoms with Crippen molar-refractivity contribution in [1.82, 2.24) is 15.0 Å². The second-order valence-electron chi connectivity index (χ2n) is 5.70. The van der Waals surface area contributed by atoms with Crippen molar-refractivity contribution < 1.29 is 4.39 Å². The number of hydrogen-bond acceptors (Lipinski definition) is 3. The van der Waals surface area contributed by atoms with Gasteiger partial charge in [0, 0.05) is 21.7 Å². The number of halogens is 2. The van der Waals surface area contributed by atoms with E-state index in [1.54, 1.807) is 6.07 Å². The molecule has 0 radical (unpaired) electrons. The van der Waals surface area contributed by atoms with Crippen LogP contribution in [0.2, 0.25) is 5.02 Å². The lowest BCUT2D eigenvalue weighted by Gasteiger charge is -2.10. The van der Waals surface area contributed by atoms with Gasteiger partial charge in [-0.3, -0.25) is 0 Å². The van der Waals surface area contributed by atoms with Crippen molar-refractivity contribution in [3.8, 4) is 22.8 Å². The monoisotopic (exact) mass is 349 g/mol. The Morgan fingerprint density at radius 3 is 2.56 bits per heavy atom. The lowest BCUT2D eigenvalue weighted by molar-refractivity contribution is 0.631. The lowest BCUT2D eigenvalue weighted by Crippen LogP contribution is -1.98. The molecule has 4 aromatic rings. The second kappa shape index (κ2) is 6.22. The second-order valence-corrected chi connectivity index (χ2v) is 6.14. The Morgan fingerprint density at radius 1 is 0.880 bits per heavy atom. The summed E-state index contributed by atoms with van der Waals surface area (Å²) in [5, 5.41) is 1.22. The fourth-order valence-corrected chi connectivity index (χ4v) is 2.92. The van der Waals surface area contributed by atoms with E-state index in [-0.39, 0.29) is 5.82 Å². The first-order valence-electron chi connectivity index (χ1n) is 7.78. The van der Waals surface area contributed by atoms with E-state index in [0.717, 1.165) is 16.6 Å². The molecule has 0 unspecified atom stereocenters. The largest absolute Gasteiger partial charge is 0.250 e. The number of rotatable bonds is 2. The van der Waals surface area contributed by atoms with Gasteiger partial charge in [-0.15, -0.1) is 0 Å². The van der Waals surface area contributed by atoms with Crippen molar-refractivity contribution in [3.63, 3.8) is 0 Å². The standard InChI is InChI=1S/C20H13ClFN3/c1-12-5-4-8-18(23-12)20-24-17-7-3-2-6-14(17)19(25-20)15-11-13(21)9-10-16(15)22/h2-11H,1H3. The van der Waals surface area contributed by atoms with E-state index in [0.29, 0.717) is 27.8 Å². The fraction of sp³-hybridized carbons (Fsp3) is 0.0500. The van der Waals surface area contributed by atoms with Crippen LogP contribution in [0.4, 0.5) is 4.39 Å². The Morgan fingerprint density at radius 2 is 1.72 bits per heavy atom. The minimum Gasteiger partial charge on any atom is -0.250 e. The Bertz CT molecular complexity index is 1100. The van der Waals surface area contributed by atoms with E-state index in [2.05, 4.69) is 15.0 Å². The summed E-state index contributed by atoms with van der Waals surface area (Å²) in [6.07, 6.45) is 0. The third-order valence-corrected chi connectivity index (χ3v) is 4.14. The van der Waals surface area contributed by atoms with Gasteiger partial charge in [-0.25, -0.2) is 19.3 Å². The number of nitrogens with zero attached hydrogens (tertiary/aromatic N) is 3. The quantitative estimate of drug-likeness (QED) is 0.482. The number of aryl methyl sites for hydroxylation is 1. The van der Waals surface area contributed by atoms with Gasteiger partial charge >= 0.3 is 0 Å². The van der Waals surface area contributed by atoms with E-state index in [1.165, 1.54) is 12.1 Å². The predicted molar refractivity (Wildman–Crippen MR) is 97.9 cm³/mol. The van der Waals surface area contributed by atoms with Crippen LogP contribution < -0.4 is 0 Å². The number of para-hydroxylation sites is 1. The van der Waals surface area contributed by atoms with Crippen LogP contribution in [0.25, 0.3) is 33.7 Å². The van der Waals surface area contributed by atoms with Crippen LogP contribution in [0.3, 0.4) is 0 Å².